The van der Waals surface area contributed by atoms with E-state index in [0.29, 0.717) is 0 Å². The highest BCUT2D eigenvalue weighted by Gasteiger charge is 1.95. The summed E-state index contributed by atoms with van der Waals surface area (Å²) in [5.74, 6) is 0. The van der Waals surface area contributed by atoms with Crippen molar-refractivity contribution >= 4 is 0 Å². The van der Waals surface area contributed by atoms with E-state index in [-0.39, 0.29) is 0 Å². The average molecular weight is 163 g/mol. The molecule has 1 N–H and O–H groups in total. The average Bonchev–Trinajstić information content (AvgIpc) is 2.14. The second-order valence-electron chi connectivity index (χ2n) is 3.00. The molecule has 0 fully saturated rings. The van der Waals surface area contributed by atoms with E-state index in [1.54, 1.807) is 0 Å². The number of hydrogen-bond donors (Lipinski definition) is 1. The quantitative estimate of drug-likeness (QED) is 0.485. The van der Waals surface area contributed by atoms with Crippen LogP contribution in [0.5, 0.6) is 0 Å². The van der Waals surface area contributed by atoms with Crippen molar-refractivity contribution in [1.29, 1.82) is 0 Å². The van der Waals surface area contributed by atoms with Crippen LogP contribution < -0.4 is 5.32 Å². The molecule has 1 aliphatic rings. The lowest BCUT2D eigenvalue weighted by molar-refractivity contribution is 0.742. The molecule has 0 heterocycles. The molecule has 0 aromatic rings. The molecule has 0 atom stereocenters. The van der Waals surface area contributed by atoms with Crippen LogP contribution in [0.3, 0.4) is 0 Å². The van der Waals surface area contributed by atoms with Crippen LogP contribution in [0, 0.1) is 0 Å². The van der Waals surface area contributed by atoms with Crippen molar-refractivity contribution in [2.75, 3.05) is 13.1 Å². The molecule has 0 aromatic heterocycles. The van der Waals surface area contributed by atoms with Crippen LogP contribution in [0.4, 0.5) is 0 Å². The van der Waals surface area contributed by atoms with Gasteiger partial charge in [-0.15, -0.1) is 6.58 Å². The minimum Gasteiger partial charge on any atom is -0.313 e. The van der Waals surface area contributed by atoms with E-state index in [9.17, 15) is 0 Å². The van der Waals surface area contributed by atoms with Crippen LogP contribution in [-0.4, -0.2) is 13.1 Å². The Morgan fingerprint density at radius 1 is 1.50 bits per heavy atom. The maximum absolute atomic E-state index is 3.65. The Hall–Kier alpha value is -0.820. The smallest absolute Gasteiger partial charge is 0.0132 e. The molecule has 0 saturated heterocycles. The highest BCUT2D eigenvalue weighted by Crippen LogP contribution is 2.11. The normalized spacial score (nSPS) is 15.8. The largest absolute Gasteiger partial charge is 0.313 e. The Kier molecular flexibility index (Phi) is 4.47. The Bertz CT molecular complexity index is 189. The molecule has 0 spiro atoms. The topological polar surface area (TPSA) is 12.0 Å². The zero-order valence-electron chi connectivity index (χ0n) is 7.55. The monoisotopic (exact) mass is 163 g/mol. The summed E-state index contributed by atoms with van der Waals surface area (Å²) >= 11 is 0. The van der Waals surface area contributed by atoms with E-state index in [4.69, 9.17) is 0 Å². The predicted octanol–water partition coefficient (Wildman–Crippen LogP) is 2.43. The first kappa shape index (κ1) is 9.27. The molecule has 1 heteroatoms. The number of rotatable bonds is 5. The van der Waals surface area contributed by atoms with E-state index < -0.39 is 0 Å². The van der Waals surface area contributed by atoms with Crippen LogP contribution >= 0.6 is 0 Å². The number of allylic oxidation sites excluding steroid dienone is 3. The number of hydrogen-bond acceptors (Lipinski definition) is 1. The van der Waals surface area contributed by atoms with Gasteiger partial charge < -0.3 is 5.32 Å². The van der Waals surface area contributed by atoms with Gasteiger partial charge in [-0.1, -0.05) is 29.9 Å². The molecular weight excluding hydrogens is 146 g/mol. The third-order valence-electron chi connectivity index (χ3n) is 1.95. The second-order valence-corrected chi connectivity index (χ2v) is 3.00. The van der Waals surface area contributed by atoms with Crippen molar-refractivity contribution in [3.05, 3.63) is 36.5 Å². The standard InChI is InChI=1S/C11H17N/c1-2-9-12-10-8-11-6-4-3-5-7-11/h2,4,6-7,12H,1,3,5,8-10H2. The van der Waals surface area contributed by atoms with Gasteiger partial charge in [-0.2, -0.15) is 0 Å². The highest BCUT2D eigenvalue weighted by molar-refractivity contribution is 5.22. The zero-order chi connectivity index (χ0) is 8.65. The van der Waals surface area contributed by atoms with Crippen molar-refractivity contribution in [3.8, 4) is 0 Å². The van der Waals surface area contributed by atoms with E-state index >= 15 is 0 Å². The molecule has 0 aromatic carbocycles. The van der Waals surface area contributed by atoms with Crippen LogP contribution in [0.1, 0.15) is 19.3 Å². The van der Waals surface area contributed by atoms with Gasteiger partial charge in [-0.25, -0.2) is 0 Å². The lowest BCUT2D eigenvalue weighted by Crippen LogP contribution is -2.15. The molecule has 0 saturated carbocycles. The Morgan fingerprint density at radius 2 is 2.42 bits per heavy atom. The first-order valence-corrected chi connectivity index (χ1v) is 4.60. The molecule has 0 aliphatic heterocycles. The molecule has 0 amide bonds. The maximum Gasteiger partial charge on any atom is 0.0132 e. The van der Waals surface area contributed by atoms with Gasteiger partial charge in [0, 0.05) is 6.54 Å². The Balaban J connectivity index is 2.10. The maximum atomic E-state index is 3.65. The van der Waals surface area contributed by atoms with Gasteiger partial charge in [-0.05, 0) is 25.8 Å². The second kappa shape index (κ2) is 5.78. The van der Waals surface area contributed by atoms with Gasteiger partial charge in [0.1, 0.15) is 0 Å². The van der Waals surface area contributed by atoms with Crippen LogP contribution in [0.25, 0.3) is 0 Å². The number of nitrogens with one attached hydrogen (secondary N) is 1. The first-order chi connectivity index (χ1) is 5.93. The van der Waals surface area contributed by atoms with Gasteiger partial charge in [0.15, 0.2) is 0 Å². The molecular formula is C11H17N. The van der Waals surface area contributed by atoms with Crippen molar-refractivity contribution in [3.63, 3.8) is 0 Å². The van der Waals surface area contributed by atoms with Gasteiger partial charge in [-0.3, -0.25) is 0 Å². The fourth-order valence-electron chi connectivity index (χ4n) is 1.29. The van der Waals surface area contributed by atoms with Crippen molar-refractivity contribution in [2.45, 2.75) is 19.3 Å². The van der Waals surface area contributed by atoms with E-state index in [0.717, 1.165) is 19.5 Å². The van der Waals surface area contributed by atoms with E-state index in [1.807, 2.05) is 6.08 Å². The Morgan fingerprint density at radius 3 is 3.08 bits per heavy atom. The SMILES string of the molecule is C=CCNCCC1=CCCC=C1. The lowest BCUT2D eigenvalue weighted by atomic mass is 10.0. The van der Waals surface area contributed by atoms with Gasteiger partial charge in [0.05, 0.1) is 0 Å². The molecule has 0 unspecified atom stereocenters. The van der Waals surface area contributed by atoms with E-state index in [1.165, 1.54) is 18.4 Å². The summed E-state index contributed by atoms with van der Waals surface area (Å²) in [7, 11) is 0. The zero-order valence-corrected chi connectivity index (χ0v) is 7.55. The van der Waals surface area contributed by atoms with Crippen molar-refractivity contribution in [1.82, 2.24) is 5.32 Å². The summed E-state index contributed by atoms with van der Waals surface area (Å²) < 4.78 is 0. The summed E-state index contributed by atoms with van der Waals surface area (Å²) in [6, 6.07) is 0. The summed E-state index contributed by atoms with van der Waals surface area (Å²) in [6.45, 7) is 5.63. The van der Waals surface area contributed by atoms with Crippen LogP contribution in [-0.2, 0) is 0 Å². The highest BCUT2D eigenvalue weighted by atomic mass is 14.8. The summed E-state index contributed by atoms with van der Waals surface area (Å²) in [4.78, 5) is 0. The minimum atomic E-state index is 0.914. The Labute approximate surface area is 74.9 Å². The molecule has 66 valence electrons. The summed E-state index contributed by atoms with van der Waals surface area (Å²) in [5.41, 5.74) is 1.47. The fourth-order valence-corrected chi connectivity index (χ4v) is 1.29. The van der Waals surface area contributed by atoms with Crippen molar-refractivity contribution < 1.29 is 0 Å². The molecule has 1 nitrogen and oxygen atoms in total. The van der Waals surface area contributed by atoms with Crippen LogP contribution in [0.15, 0.2) is 36.5 Å². The first-order valence-electron chi connectivity index (χ1n) is 4.60. The minimum absolute atomic E-state index is 0.914. The predicted molar refractivity (Wildman–Crippen MR) is 54.1 cm³/mol. The third kappa shape index (κ3) is 3.54. The third-order valence-corrected chi connectivity index (χ3v) is 1.95. The van der Waals surface area contributed by atoms with Gasteiger partial charge in [0.2, 0.25) is 0 Å². The summed E-state index contributed by atoms with van der Waals surface area (Å²) in [5, 5.41) is 3.29. The van der Waals surface area contributed by atoms with Crippen LogP contribution in [0.2, 0.25) is 0 Å². The summed E-state index contributed by atoms with van der Waals surface area (Å²) in [6.07, 6.45) is 12.3. The van der Waals surface area contributed by atoms with E-state index in [2.05, 4.69) is 30.1 Å². The van der Waals surface area contributed by atoms with Gasteiger partial charge >= 0.3 is 0 Å². The van der Waals surface area contributed by atoms with Crippen molar-refractivity contribution in [2.24, 2.45) is 0 Å². The molecule has 0 bridgehead atoms. The molecule has 0 radical (unpaired) electrons. The fraction of sp³-hybridized carbons (Fsp3) is 0.455. The van der Waals surface area contributed by atoms with Gasteiger partial charge in [0.25, 0.3) is 0 Å². The molecule has 1 aliphatic carbocycles. The molecule has 12 heavy (non-hydrogen) atoms. The lowest BCUT2D eigenvalue weighted by Gasteiger charge is -2.06. The molecule has 1 rings (SSSR count).